The Morgan fingerprint density at radius 2 is 2.10 bits per heavy atom. The second kappa shape index (κ2) is 6.52. The summed E-state index contributed by atoms with van der Waals surface area (Å²) in [6, 6.07) is 2.40. The van der Waals surface area contributed by atoms with Crippen LogP contribution in [0, 0.1) is 6.92 Å². The van der Waals surface area contributed by atoms with E-state index in [-0.39, 0.29) is 6.09 Å². The van der Waals surface area contributed by atoms with Crippen molar-refractivity contribution in [3.63, 3.8) is 0 Å². The first-order valence-corrected chi connectivity index (χ1v) is 7.59. The third-order valence-corrected chi connectivity index (χ3v) is 3.67. The zero-order chi connectivity index (χ0) is 15.5. The normalized spacial score (nSPS) is 17.0. The molecule has 5 nitrogen and oxygen atoms in total. The van der Waals surface area contributed by atoms with E-state index < -0.39 is 5.60 Å². The van der Waals surface area contributed by atoms with Gasteiger partial charge in [-0.1, -0.05) is 0 Å². The molecule has 118 valence electrons. The molecule has 0 radical (unpaired) electrons. The third kappa shape index (κ3) is 4.77. The number of furan rings is 1. The van der Waals surface area contributed by atoms with Gasteiger partial charge < -0.3 is 19.4 Å². The summed E-state index contributed by atoms with van der Waals surface area (Å²) in [6.07, 6.45) is 3.40. The molecular weight excluding hydrogens is 268 g/mol. The first-order chi connectivity index (χ1) is 9.85. The van der Waals surface area contributed by atoms with E-state index in [1.807, 2.05) is 33.8 Å². The predicted octanol–water partition coefficient (Wildman–Crippen LogP) is 3.08. The fourth-order valence-electron chi connectivity index (χ4n) is 2.41. The molecule has 0 spiro atoms. The largest absolute Gasteiger partial charge is 0.468 e. The van der Waals surface area contributed by atoms with Gasteiger partial charge in [-0.2, -0.15) is 0 Å². The number of likely N-dealkylation sites (tertiary alicyclic amines) is 1. The SMILES string of the molecule is Cc1ccoc1CNC1CCN(C(=O)OC(C)(C)C)CC1. The van der Waals surface area contributed by atoms with Gasteiger partial charge in [0.1, 0.15) is 11.4 Å². The zero-order valence-corrected chi connectivity index (χ0v) is 13.4. The first kappa shape index (κ1) is 15.9. The van der Waals surface area contributed by atoms with Crippen LogP contribution in [0.25, 0.3) is 0 Å². The van der Waals surface area contributed by atoms with Crippen molar-refractivity contribution in [3.8, 4) is 0 Å². The Hall–Kier alpha value is -1.49. The van der Waals surface area contributed by atoms with E-state index in [1.54, 1.807) is 11.2 Å². The van der Waals surface area contributed by atoms with Crippen LogP contribution in [0.5, 0.6) is 0 Å². The Labute approximate surface area is 126 Å². The summed E-state index contributed by atoms with van der Waals surface area (Å²) < 4.78 is 10.8. The molecule has 1 N–H and O–H groups in total. The van der Waals surface area contributed by atoms with Crippen LogP contribution in [0.3, 0.4) is 0 Å². The van der Waals surface area contributed by atoms with Gasteiger partial charge in [-0.05, 0) is 52.2 Å². The Kier molecular flexibility index (Phi) is 4.93. The fourth-order valence-corrected chi connectivity index (χ4v) is 2.41. The number of aryl methyl sites for hydroxylation is 1. The molecule has 1 aromatic heterocycles. The van der Waals surface area contributed by atoms with Crippen LogP contribution < -0.4 is 5.32 Å². The van der Waals surface area contributed by atoms with Crippen molar-refractivity contribution in [1.82, 2.24) is 10.2 Å². The van der Waals surface area contributed by atoms with Crippen molar-refractivity contribution >= 4 is 6.09 Å². The van der Waals surface area contributed by atoms with Crippen molar-refractivity contribution in [3.05, 3.63) is 23.7 Å². The minimum absolute atomic E-state index is 0.206. The highest BCUT2D eigenvalue weighted by Crippen LogP contribution is 2.16. The van der Waals surface area contributed by atoms with Crippen molar-refractivity contribution in [2.45, 2.75) is 58.7 Å². The third-order valence-electron chi connectivity index (χ3n) is 3.67. The van der Waals surface area contributed by atoms with Gasteiger partial charge in [-0.15, -0.1) is 0 Å². The van der Waals surface area contributed by atoms with E-state index in [0.717, 1.165) is 38.2 Å². The summed E-state index contributed by atoms with van der Waals surface area (Å²) in [5.74, 6) is 0.990. The molecular formula is C16H26N2O3. The Morgan fingerprint density at radius 1 is 1.43 bits per heavy atom. The fraction of sp³-hybridized carbons (Fsp3) is 0.688. The molecule has 21 heavy (non-hydrogen) atoms. The van der Waals surface area contributed by atoms with Gasteiger partial charge in [-0.3, -0.25) is 0 Å². The number of rotatable bonds is 3. The van der Waals surface area contributed by atoms with Crippen molar-refractivity contribution < 1.29 is 13.9 Å². The first-order valence-electron chi connectivity index (χ1n) is 7.59. The number of hydrogen-bond acceptors (Lipinski definition) is 4. The standard InChI is InChI=1S/C16H26N2O3/c1-12-7-10-20-14(12)11-17-13-5-8-18(9-6-13)15(19)21-16(2,3)4/h7,10,13,17H,5-6,8-9,11H2,1-4H3. The number of carbonyl (C=O) groups excluding carboxylic acids is 1. The van der Waals surface area contributed by atoms with Crippen molar-refractivity contribution in [2.75, 3.05) is 13.1 Å². The lowest BCUT2D eigenvalue weighted by Crippen LogP contribution is -2.46. The Bertz CT molecular complexity index is 468. The van der Waals surface area contributed by atoms with E-state index >= 15 is 0 Å². The Balaban J connectivity index is 1.73. The maximum absolute atomic E-state index is 12.0. The molecule has 1 aliphatic rings. The maximum Gasteiger partial charge on any atom is 0.410 e. The molecule has 0 aliphatic carbocycles. The molecule has 0 saturated carbocycles. The van der Waals surface area contributed by atoms with Crippen molar-refractivity contribution in [2.24, 2.45) is 0 Å². The van der Waals surface area contributed by atoms with E-state index in [1.165, 1.54) is 5.56 Å². The number of piperidine rings is 1. The quantitative estimate of drug-likeness (QED) is 0.931. The number of hydrogen-bond donors (Lipinski definition) is 1. The van der Waals surface area contributed by atoms with Gasteiger partial charge >= 0.3 is 6.09 Å². The number of nitrogens with zero attached hydrogens (tertiary/aromatic N) is 1. The number of nitrogens with one attached hydrogen (secondary N) is 1. The van der Waals surface area contributed by atoms with Gasteiger partial charge in [0.25, 0.3) is 0 Å². The molecule has 1 fully saturated rings. The van der Waals surface area contributed by atoms with Crippen LogP contribution >= 0.6 is 0 Å². The van der Waals surface area contributed by atoms with E-state index in [0.29, 0.717) is 6.04 Å². The van der Waals surface area contributed by atoms with E-state index in [4.69, 9.17) is 9.15 Å². The second-order valence-electron chi connectivity index (χ2n) is 6.65. The van der Waals surface area contributed by atoms with Crippen LogP contribution in [-0.4, -0.2) is 35.7 Å². The summed E-state index contributed by atoms with van der Waals surface area (Å²) in [4.78, 5) is 13.8. The average molecular weight is 294 g/mol. The molecule has 0 bridgehead atoms. The minimum atomic E-state index is -0.428. The molecule has 1 aliphatic heterocycles. The van der Waals surface area contributed by atoms with Gasteiger partial charge in [0, 0.05) is 19.1 Å². The average Bonchev–Trinajstić information content (AvgIpc) is 2.80. The van der Waals surface area contributed by atoms with Crippen LogP contribution in [0.2, 0.25) is 0 Å². The van der Waals surface area contributed by atoms with Crippen LogP contribution in [0.15, 0.2) is 16.7 Å². The van der Waals surface area contributed by atoms with Crippen LogP contribution in [0.1, 0.15) is 44.9 Å². The van der Waals surface area contributed by atoms with Gasteiger partial charge in [0.2, 0.25) is 0 Å². The summed E-state index contributed by atoms with van der Waals surface area (Å²) in [7, 11) is 0. The lowest BCUT2D eigenvalue weighted by molar-refractivity contribution is 0.0197. The molecule has 1 saturated heterocycles. The summed E-state index contributed by atoms with van der Waals surface area (Å²) in [5, 5.41) is 3.50. The molecule has 2 rings (SSSR count). The monoisotopic (exact) mass is 294 g/mol. The van der Waals surface area contributed by atoms with Gasteiger partial charge in [0.15, 0.2) is 0 Å². The maximum atomic E-state index is 12.0. The topological polar surface area (TPSA) is 54.7 Å². The zero-order valence-electron chi connectivity index (χ0n) is 13.4. The highest BCUT2D eigenvalue weighted by molar-refractivity contribution is 5.68. The molecule has 5 heteroatoms. The molecule has 1 aromatic rings. The second-order valence-corrected chi connectivity index (χ2v) is 6.65. The molecule has 2 heterocycles. The number of ether oxygens (including phenoxy) is 1. The van der Waals surface area contributed by atoms with Crippen molar-refractivity contribution in [1.29, 1.82) is 0 Å². The number of carbonyl (C=O) groups is 1. The molecule has 1 amide bonds. The van der Waals surface area contributed by atoms with Gasteiger partial charge in [-0.25, -0.2) is 4.79 Å². The lowest BCUT2D eigenvalue weighted by atomic mass is 10.1. The summed E-state index contributed by atoms with van der Waals surface area (Å²) >= 11 is 0. The number of amides is 1. The van der Waals surface area contributed by atoms with Gasteiger partial charge in [0.05, 0.1) is 12.8 Å². The van der Waals surface area contributed by atoms with Crippen LogP contribution in [0.4, 0.5) is 4.79 Å². The molecule has 0 unspecified atom stereocenters. The lowest BCUT2D eigenvalue weighted by Gasteiger charge is -2.33. The summed E-state index contributed by atoms with van der Waals surface area (Å²) in [6.45, 7) is 9.95. The molecule has 0 aromatic carbocycles. The predicted molar refractivity (Wildman–Crippen MR) is 81.1 cm³/mol. The molecule has 0 atom stereocenters. The van der Waals surface area contributed by atoms with E-state index in [9.17, 15) is 4.79 Å². The Morgan fingerprint density at radius 3 is 2.62 bits per heavy atom. The summed E-state index contributed by atoms with van der Waals surface area (Å²) in [5.41, 5.74) is 0.747. The smallest absolute Gasteiger partial charge is 0.410 e. The van der Waals surface area contributed by atoms with E-state index in [2.05, 4.69) is 5.32 Å². The van der Waals surface area contributed by atoms with Crippen LogP contribution in [-0.2, 0) is 11.3 Å². The highest BCUT2D eigenvalue weighted by atomic mass is 16.6. The highest BCUT2D eigenvalue weighted by Gasteiger charge is 2.26. The minimum Gasteiger partial charge on any atom is -0.468 e.